The van der Waals surface area contributed by atoms with Crippen LogP contribution in [0.2, 0.25) is 0 Å². The number of hydrogen-bond donors (Lipinski definition) is 0. The summed E-state index contributed by atoms with van der Waals surface area (Å²) >= 11 is 0. The highest BCUT2D eigenvalue weighted by atomic mass is 16.6. The number of nitrogens with zero attached hydrogens (tertiary/aromatic N) is 2. The average molecular weight is 242 g/mol. The molecule has 0 saturated carbocycles. The normalized spacial score (nSPS) is 11.2. The summed E-state index contributed by atoms with van der Waals surface area (Å²) in [5.41, 5.74) is 0.617. The summed E-state index contributed by atoms with van der Waals surface area (Å²) in [6.07, 6.45) is 1.20. The predicted octanol–water partition coefficient (Wildman–Crippen LogP) is 2.86. The zero-order valence-electron chi connectivity index (χ0n) is 9.39. The molecule has 0 amide bonds. The molecule has 0 fully saturated rings. The molecule has 5 heteroatoms. The van der Waals surface area contributed by atoms with E-state index in [4.69, 9.17) is 0 Å². The van der Waals surface area contributed by atoms with Crippen LogP contribution in [0, 0.1) is 15.3 Å². The van der Waals surface area contributed by atoms with Crippen molar-refractivity contribution in [3.05, 3.63) is 75.5 Å². The quantitative estimate of drug-likeness (QED) is 0.273. The molecular formula is C13H10N2O3. The van der Waals surface area contributed by atoms with Gasteiger partial charge in [0.2, 0.25) is 5.69 Å². The monoisotopic (exact) mass is 242 g/mol. The first-order valence-electron chi connectivity index (χ1n) is 5.28. The highest BCUT2D eigenvalue weighted by Crippen LogP contribution is 2.17. The summed E-state index contributed by atoms with van der Waals surface area (Å²) in [5, 5.41) is 22.6. The van der Waals surface area contributed by atoms with E-state index in [1.54, 1.807) is 42.5 Å². The average Bonchev–Trinajstić information content (AvgIpc) is 2.40. The lowest BCUT2D eigenvalue weighted by Crippen LogP contribution is -2.01. The number of benzene rings is 2. The first kappa shape index (κ1) is 11.8. The Morgan fingerprint density at radius 3 is 2.17 bits per heavy atom. The number of para-hydroxylation sites is 2. The Balaban J connectivity index is 2.42. The van der Waals surface area contributed by atoms with Crippen molar-refractivity contribution in [2.75, 3.05) is 0 Å². The van der Waals surface area contributed by atoms with Crippen molar-refractivity contribution in [3.8, 4) is 0 Å². The van der Waals surface area contributed by atoms with Crippen molar-refractivity contribution >= 4 is 17.6 Å². The second-order valence-corrected chi connectivity index (χ2v) is 3.61. The topological polar surface area (TPSA) is 69.2 Å². The molecule has 0 heterocycles. The molecule has 0 N–H and O–H groups in total. The summed E-state index contributed by atoms with van der Waals surface area (Å²) in [6.45, 7) is 0. The summed E-state index contributed by atoms with van der Waals surface area (Å²) in [6, 6.07) is 14.6. The van der Waals surface area contributed by atoms with Gasteiger partial charge in [-0.15, -0.1) is 0 Å². The van der Waals surface area contributed by atoms with Gasteiger partial charge in [-0.3, -0.25) is 10.1 Å². The molecular weight excluding hydrogens is 232 g/mol. The van der Waals surface area contributed by atoms with Gasteiger partial charge in [0.15, 0.2) is 6.21 Å². The number of rotatable bonds is 3. The summed E-state index contributed by atoms with van der Waals surface area (Å²) < 4.78 is 0.613. The van der Waals surface area contributed by atoms with E-state index in [0.717, 1.165) is 0 Å². The van der Waals surface area contributed by atoms with Crippen LogP contribution in [0.1, 0.15) is 5.56 Å². The highest BCUT2D eigenvalue weighted by molar-refractivity contribution is 5.82. The van der Waals surface area contributed by atoms with Gasteiger partial charge < -0.3 is 5.21 Å². The van der Waals surface area contributed by atoms with Crippen LogP contribution in [0.5, 0.6) is 0 Å². The molecule has 0 atom stereocenters. The third-order valence-electron chi connectivity index (χ3n) is 2.40. The van der Waals surface area contributed by atoms with Gasteiger partial charge in [0.1, 0.15) is 5.56 Å². The van der Waals surface area contributed by atoms with Gasteiger partial charge >= 0.3 is 0 Å². The third-order valence-corrected chi connectivity index (χ3v) is 2.40. The molecule has 0 saturated heterocycles. The fourth-order valence-corrected chi connectivity index (χ4v) is 1.54. The molecule has 2 aromatic rings. The van der Waals surface area contributed by atoms with Crippen molar-refractivity contribution in [3.63, 3.8) is 0 Å². The molecule has 0 aliphatic heterocycles. The molecule has 2 aromatic carbocycles. The first-order valence-corrected chi connectivity index (χ1v) is 5.28. The Labute approximate surface area is 103 Å². The fraction of sp³-hybridized carbons (Fsp3) is 0. The summed E-state index contributed by atoms with van der Waals surface area (Å²) in [4.78, 5) is 10.3. The molecule has 0 spiro atoms. The van der Waals surface area contributed by atoms with E-state index in [1.807, 2.05) is 0 Å². The van der Waals surface area contributed by atoms with Crippen molar-refractivity contribution < 1.29 is 9.66 Å². The SMILES string of the molecule is O=[N+]([O-])c1ccccc1C=[N+]([O-])c1ccccc1. The molecule has 0 aromatic heterocycles. The number of hydrogen-bond acceptors (Lipinski definition) is 3. The lowest BCUT2D eigenvalue weighted by molar-refractivity contribution is -0.386. The molecule has 0 bridgehead atoms. The lowest BCUT2D eigenvalue weighted by Gasteiger charge is -2.02. The Morgan fingerprint density at radius 1 is 0.889 bits per heavy atom. The van der Waals surface area contributed by atoms with Gasteiger partial charge in [0, 0.05) is 18.2 Å². The maximum atomic E-state index is 11.8. The van der Waals surface area contributed by atoms with Crippen molar-refractivity contribution in [2.24, 2.45) is 0 Å². The first-order chi connectivity index (χ1) is 8.68. The standard InChI is InChI=1S/C13H10N2O3/c16-14(12-7-2-1-3-8-12)10-11-6-4-5-9-13(11)15(17)18/h1-10H. The Kier molecular flexibility index (Phi) is 3.33. The highest BCUT2D eigenvalue weighted by Gasteiger charge is 2.13. The molecule has 90 valence electrons. The van der Waals surface area contributed by atoms with Crippen molar-refractivity contribution in [2.45, 2.75) is 0 Å². The number of nitro benzene ring substituents is 1. The summed E-state index contributed by atoms with van der Waals surface area (Å²) in [5.74, 6) is 0. The van der Waals surface area contributed by atoms with Crippen LogP contribution in [0.25, 0.3) is 0 Å². The maximum absolute atomic E-state index is 11.8. The van der Waals surface area contributed by atoms with E-state index >= 15 is 0 Å². The Hall–Kier alpha value is -2.69. The molecule has 0 aliphatic carbocycles. The van der Waals surface area contributed by atoms with Crippen molar-refractivity contribution in [1.82, 2.24) is 0 Å². The van der Waals surface area contributed by atoms with Crippen LogP contribution in [0.15, 0.2) is 54.6 Å². The predicted molar refractivity (Wildman–Crippen MR) is 68.0 cm³/mol. The second-order valence-electron chi connectivity index (χ2n) is 3.61. The minimum Gasteiger partial charge on any atom is -0.618 e. The van der Waals surface area contributed by atoms with E-state index in [2.05, 4.69) is 0 Å². The van der Waals surface area contributed by atoms with Crippen LogP contribution in [-0.2, 0) is 0 Å². The zero-order chi connectivity index (χ0) is 13.0. The zero-order valence-corrected chi connectivity index (χ0v) is 9.39. The molecule has 5 nitrogen and oxygen atoms in total. The van der Waals surface area contributed by atoms with Gasteiger partial charge in [-0.2, -0.15) is 4.74 Å². The van der Waals surface area contributed by atoms with E-state index in [9.17, 15) is 15.3 Å². The fourth-order valence-electron chi connectivity index (χ4n) is 1.54. The van der Waals surface area contributed by atoms with Gasteiger partial charge in [-0.25, -0.2) is 0 Å². The minimum atomic E-state index is -0.509. The van der Waals surface area contributed by atoms with Crippen LogP contribution in [-0.4, -0.2) is 15.9 Å². The van der Waals surface area contributed by atoms with Crippen LogP contribution >= 0.6 is 0 Å². The smallest absolute Gasteiger partial charge is 0.282 e. The minimum absolute atomic E-state index is 0.0886. The van der Waals surface area contributed by atoms with Gasteiger partial charge in [0.05, 0.1) is 4.92 Å². The van der Waals surface area contributed by atoms with E-state index in [1.165, 1.54) is 18.3 Å². The van der Waals surface area contributed by atoms with E-state index < -0.39 is 4.92 Å². The van der Waals surface area contributed by atoms with Crippen LogP contribution in [0.3, 0.4) is 0 Å². The molecule has 0 radical (unpaired) electrons. The lowest BCUT2D eigenvalue weighted by atomic mass is 10.2. The van der Waals surface area contributed by atoms with E-state index in [-0.39, 0.29) is 11.3 Å². The molecule has 18 heavy (non-hydrogen) atoms. The summed E-state index contributed by atoms with van der Waals surface area (Å²) in [7, 11) is 0. The largest absolute Gasteiger partial charge is 0.618 e. The van der Waals surface area contributed by atoms with Crippen LogP contribution in [0.4, 0.5) is 11.4 Å². The molecule has 0 aliphatic rings. The van der Waals surface area contributed by atoms with Gasteiger partial charge in [-0.05, 0) is 6.07 Å². The second kappa shape index (κ2) is 5.09. The number of nitro groups is 1. The van der Waals surface area contributed by atoms with Crippen molar-refractivity contribution in [1.29, 1.82) is 0 Å². The third kappa shape index (κ3) is 2.52. The van der Waals surface area contributed by atoms with Gasteiger partial charge in [0.25, 0.3) is 5.69 Å². The Morgan fingerprint density at radius 2 is 1.50 bits per heavy atom. The van der Waals surface area contributed by atoms with Crippen LogP contribution < -0.4 is 0 Å². The van der Waals surface area contributed by atoms with Gasteiger partial charge in [-0.1, -0.05) is 30.3 Å². The molecule has 0 unspecified atom stereocenters. The molecule has 2 rings (SSSR count). The van der Waals surface area contributed by atoms with E-state index in [0.29, 0.717) is 10.4 Å². The Bertz CT molecular complexity index is 594. The maximum Gasteiger partial charge on any atom is 0.282 e.